The van der Waals surface area contributed by atoms with E-state index in [2.05, 4.69) is 0 Å². The second-order valence-corrected chi connectivity index (χ2v) is 3.48. The number of hydrogen-bond donors (Lipinski definition) is 1. The zero-order valence-electron chi connectivity index (χ0n) is 7.68. The summed E-state index contributed by atoms with van der Waals surface area (Å²) in [6.07, 6.45) is -1.04. The van der Waals surface area contributed by atoms with E-state index >= 15 is 0 Å². The maximum Gasteiger partial charge on any atom is 0.407 e. The summed E-state index contributed by atoms with van der Waals surface area (Å²) in [6.45, 7) is 1.91. The first kappa shape index (κ1) is 9.26. The van der Waals surface area contributed by atoms with E-state index in [1.807, 2.05) is 0 Å². The van der Waals surface area contributed by atoms with Crippen LogP contribution in [0.4, 0.5) is 4.79 Å². The number of carbonyl (C=O) groups excluding carboxylic acids is 1. The lowest BCUT2D eigenvalue weighted by Gasteiger charge is -2.42. The minimum atomic E-state index is -1.04. The van der Waals surface area contributed by atoms with Gasteiger partial charge in [0, 0.05) is 13.1 Å². The van der Waals surface area contributed by atoms with Crippen molar-refractivity contribution in [2.75, 3.05) is 32.8 Å². The summed E-state index contributed by atoms with van der Waals surface area (Å²) in [5, 5.41) is 8.76. The van der Waals surface area contributed by atoms with Crippen LogP contribution in [-0.2, 0) is 9.53 Å². The molecule has 0 aromatic heterocycles. The zero-order valence-corrected chi connectivity index (χ0v) is 7.68. The summed E-state index contributed by atoms with van der Waals surface area (Å²) in [5.74, 6) is -0.119. The van der Waals surface area contributed by atoms with Crippen molar-refractivity contribution in [1.82, 2.24) is 9.80 Å². The summed E-state index contributed by atoms with van der Waals surface area (Å²) in [4.78, 5) is 25.0. The average Bonchev–Trinajstić information content (AvgIpc) is 2.17. The Morgan fingerprint density at radius 1 is 1.57 bits per heavy atom. The van der Waals surface area contributed by atoms with Gasteiger partial charge < -0.3 is 14.7 Å². The number of hydrogen-bond acceptors (Lipinski definition) is 3. The normalized spacial score (nSPS) is 27.4. The maximum absolute atomic E-state index is 11.5. The first-order valence-corrected chi connectivity index (χ1v) is 4.53. The molecule has 14 heavy (non-hydrogen) atoms. The lowest BCUT2D eigenvalue weighted by Crippen LogP contribution is -2.61. The van der Waals surface area contributed by atoms with Gasteiger partial charge in [-0.3, -0.25) is 9.69 Å². The molecule has 0 aromatic carbocycles. The van der Waals surface area contributed by atoms with Gasteiger partial charge in [0.15, 0.2) is 0 Å². The molecule has 6 nitrogen and oxygen atoms in total. The lowest BCUT2D eigenvalue weighted by molar-refractivity contribution is -0.146. The minimum Gasteiger partial charge on any atom is -0.465 e. The van der Waals surface area contributed by atoms with Crippen LogP contribution in [-0.4, -0.2) is 65.8 Å². The Morgan fingerprint density at radius 3 is 3.07 bits per heavy atom. The fourth-order valence-corrected chi connectivity index (χ4v) is 1.85. The molecule has 2 rings (SSSR count). The highest BCUT2D eigenvalue weighted by atomic mass is 16.5. The molecule has 1 N–H and O–H groups in total. The van der Waals surface area contributed by atoms with E-state index in [1.165, 1.54) is 0 Å². The van der Waals surface area contributed by atoms with Gasteiger partial charge in [0.25, 0.3) is 0 Å². The summed E-state index contributed by atoms with van der Waals surface area (Å²) < 4.78 is 5.20. The molecular formula is C8H12N2O4. The molecule has 2 amide bonds. The Kier molecular flexibility index (Phi) is 2.28. The Bertz CT molecular complexity index is 268. The maximum atomic E-state index is 11.5. The quantitative estimate of drug-likeness (QED) is 0.556. The molecule has 2 saturated heterocycles. The SMILES string of the molecule is O=C(O)N1CC(=O)N2CCOCC2C1. The van der Waals surface area contributed by atoms with Gasteiger partial charge in [0.2, 0.25) is 5.91 Å². The second kappa shape index (κ2) is 3.45. The first-order chi connectivity index (χ1) is 6.68. The van der Waals surface area contributed by atoms with Crippen LogP contribution in [0.1, 0.15) is 0 Å². The zero-order chi connectivity index (χ0) is 10.1. The third-order valence-electron chi connectivity index (χ3n) is 2.58. The molecule has 2 aliphatic rings. The van der Waals surface area contributed by atoms with E-state index in [0.29, 0.717) is 26.3 Å². The predicted octanol–water partition coefficient (Wildman–Crippen LogP) is -0.793. The lowest BCUT2D eigenvalue weighted by atomic mass is 10.1. The van der Waals surface area contributed by atoms with Crippen LogP contribution >= 0.6 is 0 Å². The molecule has 1 atom stereocenters. The van der Waals surface area contributed by atoms with Gasteiger partial charge in [-0.05, 0) is 0 Å². The highest BCUT2D eigenvalue weighted by Gasteiger charge is 2.36. The number of ether oxygens (including phenoxy) is 1. The van der Waals surface area contributed by atoms with E-state index < -0.39 is 6.09 Å². The first-order valence-electron chi connectivity index (χ1n) is 4.53. The third kappa shape index (κ3) is 1.52. The number of fused-ring (bicyclic) bond motifs is 1. The highest BCUT2D eigenvalue weighted by molar-refractivity contribution is 5.83. The van der Waals surface area contributed by atoms with Crippen LogP contribution in [0.25, 0.3) is 0 Å². The summed E-state index contributed by atoms with van der Waals surface area (Å²) in [7, 11) is 0. The average molecular weight is 200 g/mol. The van der Waals surface area contributed by atoms with E-state index in [1.54, 1.807) is 4.90 Å². The van der Waals surface area contributed by atoms with E-state index in [0.717, 1.165) is 4.90 Å². The van der Waals surface area contributed by atoms with Crippen LogP contribution in [0.2, 0.25) is 0 Å². The summed E-state index contributed by atoms with van der Waals surface area (Å²) in [5.41, 5.74) is 0. The topological polar surface area (TPSA) is 70.1 Å². The van der Waals surface area contributed by atoms with Gasteiger partial charge >= 0.3 is 6.09 Å². The van der Waals surface area contributed by atoms with Crippen molar-refractivity contribution in [3.05, 3.63) is 0 Å². The van der Waals surface area contributed by atoms with Crippen LogP contribution in [0.3, 0.4) is 0 Å². The highest BCUT2D eigenvalue weighted by Crippen LogP contribution is 2.14. The molecule has 0 aromatic rings. The van der Waals surface area contributed by atoms with Crippen molar-refractivity contribution in [2.24, 2.45) is 0 Å². The van der Waals surface area contributed by atoms with Gasteiger partial charge in [-0.25, -0.2) is 4.79 Å². The van der Waals surface area contributed by atoms with Gasteiger partial charge in [-0.1, -0.05) is 0 Å². The van der Waals surface area contributed by atoms with E-state index in [-0.39, 0.29) is 18.5 Å². The number of nitrogens with zero attached hydrogens (tertiary/aromatic N) is 2. The van der Waals surface area contributed by atoms with Crippen molar-refractivity contribution < 1.29 is 19.4 Å². The molecule has 1 unspecified atom stereocenters. The minimum absolute atomic E-state index is 0.0220. The molecule has 6 heteroatoms. The van der Waals surface area contributed by atoms with Crippen molar-refractivity contribution in [3.63, 3.8) is 0 Å². The number of carbonyl (C=O) groups is 2. The third-order valence-corrected chi connectivity index (χ3v) is 2.58. The second-order valence-electron chi connectivity index (χ2n) is 3.48. The molecule has 78 valence electrons. The molecule has 2 heterocycles. The van der Waals surface area contributed by atoms with Gasteiger partial charge in [0.05, 0.1) is 19.3 Å². The molecule has 0 bridgehead atoms. The van der Waals surface area contributed by atoms with E-state index in [9.17, 15) is 9.59 Å². The molecular weight excluding hydrogens is 188 g/mol. The molecule has 2 fully saturated rings. The fourth-order valence-electron chi connectivity index (χ4n) is 1.85. The summed E-state index contributed by atoms with van der Waals surface area (Å²) >= 11 is 0. The largest absolute Gasteiger partial charge is 0.465 e. The number of amides is 2. The van der Waals surface area contributed by atoms with Crippen molar-refractivity contribution in [1.29, 1.82) is 0 Å². The Labute approximate surface area is 81.0 Å². The van der Waals surface area contributed by atoms with Crippen LogP contribution in [0, 0.1) is 0 Å². The number of rotatable bonds is 0. The Balaban J connectivity index is 2.08. The molecule has 0 aliphatic carbocycles. The van der Waals surface area contributed by atoms with Crippen LogP contribution in [0.5, 0.6) is 0 Å². The Morgan fingerprint density at radius 2 is 2.36 bits per heavy atom. The Hall–Kier alpha value is -1.30. The standard InChI is InChI=1S/C8H12N2O4/c11-7-4-9(8(12)13)3-6-5-14-2-1-10(6)7/h6H,1-5H2,(H,12,13). The monoisotopic (exact) mass is 200 g/mol. The van der Waals surface area contributed by atoms with Crippen LogP contribution < -0.4 is 0 Å². The van der Waals surface area contributed by atoms with Crippen molar-refractivity contribution >= 4 is 12.0 Å². The number of carboxylic acid groups (broad SMARTS) is 1. The predicted molar refractivity (Wildman–Crippen MR) is 45.9 cm³/mol. The fraction of sp³-hybridized carbons (Fsp3) is 0.750. The van der Waals surface area contributed by atoms with Crippen molar-refractivity contribution in [3.8, 4) is 0 Å². The van der Waals surface area contributed by atoms with Gasteiger partial charge in [-0.2, -0.15) is 0 Å². The number of morpholine rings is 1. The van der Waals surface area contributed by atoms with Crippen LogP contribution in [0.15, 0.2) is 0 Å². The summed E-state index contributed by atoms with van der Waals surface area (Å²) in [6, 6.07) is -0.0962. The molecule has 0 spiro atoms. The smallest absolute Gasteiger partial charge is 0.407 e. The van der Waals surface area contributed by atoms with Gasteiger partial charge in [0.1, 0.15) is 6.54 Å². The van der Waals surface area contributed by atoms with Gasteiger partial charge in [-0.15, -0.1) is 0 Å². The number of piperazine rings is 1. The molecule has 2 aliphatic heterocycles. The van der Waals surface area contributed by atoms with Crippen molar-refractivity contribution in [2.45, 2.75) is 6.04 Å². The molecule has 0 radical (unpaired) electrons. The van der Waals surface area contributed by atoms with E-state index in [4.69, 9.17) is 9.84 Å². The molecule has 0 saturated carbocycles.